The van der Waals surface area contributed by atoms with E-state index in [-0.39, 0.29) is 18.0 Å². The first-order valence-corrected chi connectivity index (χ1v) is 8.68. The van der Waals surface area contributed by atoms with Crippen LogP contribution in [0.3, 0.4) is 0 Å². The van der Waals surface area contributed by atoms with Crippen molar-refractivity contribution >= 4 is 5.97 Å². The lowest BCUT2D eigenvalue weighted by molar-refractivity contribution is -0.153. The van der Waals surface area contributed by atoms with E-state index >= 15 is 0 Å². The van der Waals surface area contributed by atoms with Crippen LogP contribution in [0.2, 0.25) is 0 Å². The van der Waals surface area contributed by atoms with Crippen LogP contribution in [0.5, 0.6) is 0 Å². The molecule has 0 saturated heterocycles. The monoisotopic (exact) mass is 341 g/mol. The van der Waals surface area contributed by atoms with E-state index in [1.54, 1.807) is 6.92 Å². The molecule has 2 aromatic rings. The average molecular weight is 341 g/mol. The maximum atomic E-state index is 11.8. The van der Waals surface area contributed by atoms with Crippen molar-refractivity contribution in [1.29, 1.82) is 0 Å². The zero-order valence-corrected chi connectivity index (χ0v) is 14.9. The first-order valence-electron chi connectivity index (χ1n) is 8.68. The fourth-order valence-corrected chi connectivity index (χ4v) is 2.57. The molecule has 0 aromatic heterocycles. The number of carbonyl (C=O) groups is 1. The Labute approximate surface area is 150 Å². The first kappa shape index (κ1) is 19.2. The van der Waals surface area contributed by atoms with Gasteiger partial charge in [0.05, 0.1) is 13.2 Å². The molecule has 0 saturated carbocycles. The number of esters is 1. The van der Waals surface area contributed by atoms with Crippen molar-refractivity contribution in [2.75, 3.05) is 6.61 Å². The predicted molar refractivity (Wildman–Crippen MR) is 98.9 cm³/mol. The normalized spacial score (nSPS) is 14.5. The molecule has 3 atom stereocenters. The zero-order valence-electron chi connectivity index (χ0n) is 14.9. The second kappa shape index (κ2) is 9.97. The number of benzene rings is 2. The summed E-state index contributed by atoms with van der Waals surface area (Å²) in [5, 5.41) is 0. The van der Waals surface area contributed by atoms with Gasteiger partial charge in [-0.2, -0.15) is 0 Å². The van der Waals surface area contributed by atoms with E-state index in [1.807, 2.05) is 55.5 Å². The van der Waals surface area contributed by atoms with Gasteiger partial charge >= 0.3 is 5.97 Å². The Morgan fingerprint density at radius 2 is 1.52 bits per heavy atom. The summed E-state index contributed by atoms with van der Waals surface area (Å²) in [6.07, 6.45) is 0.512. The minimum absolute atomic E-state index is 0.0637. The standard InChI is InChI=1S/C21H27NO3/c1-16(22)21(23)25-17(2)20(13-18-9-5-3-6-10-18)15-24-14-19-11-7-4-8-12-19/h3-12,16-17,20H,13-15,22H2,1-2H3/t16-,17-,20+/m0/s1. The minimum Gasteiger partial charge on any atom is -0.461 e. The number of carbonyl (C=O) groups excluding carboxylic acids is 1. The SMILES string of the molecule is C[C@H](N)C(=O)O[C@@H](C)[C@@H](COCc1ccccc1)Cc1ccccc1. The lowest BCUT2D eigenvalue weighted by Gasteiger charge is -2.25. The van der Waals surface area contributed by atoms with E-state index in [9.17, 15) is 4.79 Å². The van der Waals surface area contributed by atoms with Crippen LogP contribution in [0.15, 0.2) is 60.7 Å². The summed E-state index contributed by atoms with van der Waals surface area (Å²) in [4.78, 5) is 11.8. The molecular weight excluding hydrogens is 314 g/mol. The lowest BCUT2D eigenvalue weighted by Crippen LogP contribution is -2.36. The van der Waals surface area contributed by atoms with Crippen molar-refractivity contribution in [2.45, 2.75) is 39.0 Å². The summed E-state index contributed by atoms with van der Waals surface area (Å²) in [7, 11) is 0. The molecule has 0 amide bonds. The lowest BCUT2D eigenvalue weighted by atomic mass is 9.95. The van der Waals surface area contributed by atoms with Gasteiger partial charge in [-0.3, -0.25) is 4.79 Å². The maximum Gasteiger partial charge on any atom is 0.322 e. The minimum atomic E-state index is -0.620. The van der Waals surface area contributed by atoms with Gasteiger partial charge in [0.2, 0.25) is 0 Å². The molecule has 0 aliphatic carbocycles. The smallest absolute Gasteiger partial charge is 0.322 e. The van der Waals surface area contributed by atoms with Crippen LogP contribution in [0.1, 0.15) is 25.0 Å². The van der Waals surface area contributed by atoms with Crippen molar-refractivity contribution in [2.24, 2.45) is 11.7 Å². The Hall–Kier alpha value is -2.17. The third-order valence-corrected chi connectivity index (χ3v) is 4.12. The van der Waals surface area contributed by atoms with Gasteiger partial charge in [-0.15, -0.1) is 0 Å². The van der Waals surface area contributed by atoms with E-state index in [4.69, 9.17) is 15.2 Å². The molecule has 0 fully saturated rings. The molecule has 0 unspecified atom stereocenters. The Morgan fingerprint density at radius 3 is 2.08 bits per heavy atom. The second-order valence-electron chi connectivity index (χ2n) is 6.38. The van der Waals surface area contributed by atoms with E-state index in [0.717, 1.165) is 12.0 Å². The van der Waals surface area contributed by atoms with E-state index in [2.05, 4.69) is 12.1 Å². The number of ether oxygens (including phenoxy) is 2. The van der Waals surface area contributed by atoms with Crippen molar-refractivity contribution < 1.29 is 14.3 Å². The third kappa shape index (κ3) is 6.69. The third-order valence-electron chi connectivity index (χ3n) is 4.12. The summed E-state index contributed by atoms with van der Waals surface area (Å²) in [5.41, 5.74) is 7.93. The van der Waals surface area contributed by atoms with Crippen LogP contribution in [0.25, 0.3) is 0 Å². The predicted octanol–water partition coefficient (Wildman–Crippen LogP) is 3.34. The molecule has 4 nitrogen and oxygen atoms in total. The van der Waals surface area contributed by atoms with Crippen molar-refractivity contribution in [3.63, 3.8) is 0 Å². The molecule has 0 heterocycles. The van der Waals surface area contributed by atoms with Gasteiger partial charge < -0.3 is 15.2 Å². The molecule has 2 rings (SSSR count). The molecule has 0 spiro atoms. The van der Waals surface area contributed by atoms with Crippen LogP contribution < -0.4 is 5.73 Å². The van der Waals surface area contributed by atoms with Gasteiger partial charge in [0.1, 0.15) is 12.1 Å². The molecule has 0 bridgehead atoms. The quantitative estimate of drug-likeness (QED) is 0.711. The Morgan fingerprint density at radius 1 is 0.960 bits per heavy atom. The molecule has 0 radical (unpaired) electrons. The van der Waals surface area contributed by atoms with Crippen LogP contribution in [-0.4, -0.2) is 24.7 Å². The highest BCUT2D eigenvalue weighted by Gasteiger charge is 2.23. The highest BCUT2D eigenvalue weighted by atomic mass is 16.5. The van der Waals surface area contributed by atoms with Gasteiger partial charge in [-0.25, -0.2) is 0 Å². The molecule has 25 heavy (non-hydrogen) atoms. The number of rotatable bonds is 9. The summed E-state index contributed by atoms with van der Waals surface area (Å²) < 4.78 is 11.4. The number of hydrogen-bond acceptors (Lipinski definition) is 4. The number of hydrogen-bond donors (Lipinski definition) is 1. The Bertz CT molecular complexity index is 628. The first-order chi connectivity index (χ1) is 12.1. The van der Waals surface area contributed by atoms with Gasteiger partial charge in [0.15, 0.2) is 0 Å². The molecule has 2 N–H and O–H groups in total. The molecule has 4 heteroatoms. The van der Waals surface area contributed by atoms with Gasteiger partial charge in [-0.05, 0) is 31.4 Å². The molecular formula is C21H27NO3. The largest absolute Gasteiger partial charge is 0.461 e. The summed E-state index contributed by atoms with van der Waals surface area (Å²) >= 11 is 0. The Kier molecular flexibility index (Phi) is 7.64. The van der Waals surface area contributed by atoms with E-state index in [1.165, 1.54) is 5.56 Å². The van der Waals surface area contributed by atoms with Crippen LogP contribution in [-0.2, 0) is 27.3 Å². The van der Waals surface area contributed by atoms with Crippen molar-refractivity contribution in [3.05, 3.63) is 71.8 Å². The maximum absolute atomic E-state index is 11.8. The van der Waals surface area contributed by atoms with Crippen molar-refractivity contribution in [1.82, 2.24) is 0 Å². The zero-order chi connectivity index (χ0) is 18.1. The Balaban J connectivity index is 1.96. The topological polar surface area (TPSA) is 61.6 Å². The molecule has 2 aromatic carbocycles. The second-order valence-corrected chi connectivity index (χ2v) is 6.38. The van der Waals surface area contributed by atoms with Gasteiger partial charge in [0, 0.05) is 5.92 Å². The molecule has 0 aliphatic heterocycles. The van der Waals surface area contributed by atoms with Crippen LogP contribution >= 0.6 is 0 Å². The number of nitrogens with two attached hydrogens (primary N) is 1. The fourth-order valence-electron chi connectivity index (χ4n) is 2.57. The summed E-state index contributed by atoms with van der Waals surface area (Å²) in [5.74, 6) is -0.317. The fraction of sp³-hybridized carbons (Fsp3) is 0.381. The average Bonchev–Trinajstić information content (AvgIpc) is 2.62. The summed E-state index contributed by atoms with van der Waals surface area (Å²) in [6, 6.07) is 19.6. The van der Waals surface area contributed by atoms with Crippen LogP contribution in [0.4, 0.5) is 0 Å². The van der Waals surface area contributed by atoms with E-state index < -0.39 is 6.04 Å². The van der Waals surface area contributed by atoms with Crippen molar-refractivity contribution in [3.8, 4) is 0 Å². The van der Waals surface area contributed by atoms with E-state index in [0.29, 0.717) is 13.2 Å². The molecule has 134 valence electrons. The van der Waals surface area contributed by atoms with Crippen LogP contribution in [0, 0.1) is 5.92 Å². The highest BCUT2D eigenvalue weighted by Crippen LogP contribution is 2.17. The van der Waals surface area contributed by atoms with Gasteiger partial charge in [-0.1, -0.05) is 60.7 Å². The van der Waals surface area contributed by atoms with Gasteiger partial charge in [0.25, 0.3) is 0 Å². The highest BCUT2D eigenvalue weighted by molar-refractivity contribution is 5.75. The molecule has 0 aliphatic rings. The summed E-state index contributed by atoms with van der Waals surface area (Å²) in [6.45, 7) is 4.59.